The summed E-state index contributed by atoms with van der Waals surface area (Å²) in [6.45, 7) is 1.50. The molecule has 1 heterocycles. The Morgan fingerprint density at radius 3 is 2.88 bits per heavy atom. The average Bonchev–Trinajstić information content (AvgIpc) is 2.47. The van der Waals surface area contributed by atoms with Crippen molar-refractivity contribution in [1.29, 1.82) is 0 Å². The maximum Gasteiger partial charge on any atom is 0.337 e. The fourth-order valence-corrected chi connectivity index (χ4v) is 2.57. The lowest BCUT2D eigenvalue weighted by Gasteiger charge is -2.40. The van der Waals surface area contributed by atoms with Gasteiger partial charge in [0.1, 0.15) is 5.75 Å². The number of para-hydroxylation sites is 1. The van der Waals surface area contributed by atoms with Gasteiger partial charge in [-0.15, -0.1) is 0 Å². The number of hydrogen-bond donors (Lipinski definition) is 2. The molecule has 0 aromatic heterocycles. The number of carbonyl (C=O) groups is 1. The second-order valence-electron chi connectivity index (χ2n) is 4.98. The summed E-state index contributed by atoms with van der Waals surface area (Å²) < 4.78 is 5.77. The van der Waals surface area contributed by atoms with E-state index in [1.165, 1.54) is 6.42 Å². The summed E-state index contributed by atoms with van der Waals surface area (Å²) in [5, 5.41) is 12.4. The summed E-state index contributed by atoms with van der Waals surface area (Å²) in [4.78, 5) is 11.1. The van der Waals surface area contributed by atoms with Crippen LogP contribution in [-0.4, -0.2) is 24.2 Å². The molecule has 1 spiro atoms. The van der Waals surface area contributed by atoms with Gasteiger partial charge in [0, 0.05) is 12.0 Å². The van der Waals surface area contributed by atoms with Gasteiger partial charge in [-0.3, -0.25) is 0 Å². The maximum absolute atomic E-state index is 11.1. The number of benzene rings is 1. The number of rotatable bonds is 1. The number of aromatic carboxylic acids is 1. The van der Waals surface area contributed by atoms with Crippen LogP contribution in [0.3, 0.4) is 0 Å². The summed E-state index contributed by atoms with van der Waals surface area (Å²) in [6.07, 6.45) is 3.57. The number of ether oxygens (including phenoxy) is 1. The van der Waals surface area contributed by atoms with Crippen molar-refractivity contribution in [1.82, 2.24) is 0 Å². The average molecular weight is 233 g/mol. The van der Waals surface area contributed by atoms with Crippen LogP contribution < -0.4 is 10.1 Å². The smallest absolute Gasteiger partial charge is 0.337 e. The zero-order chi connectivity index (χ0) is 11.9. The van der Waals surface area contributed by atoms with Gasteiger partial charge < -0.3 is 15.2 Å². The van der Waals surface area contributed by atoms with Crippen LogP contribution in [0, 0.1) is 5.41 Å². The molecule has 1 saturated carbocycles. The molecule has 1 aromatic rings. The molecular formula is C13H15NO3. The zero-order valence-electron chi connectivity index (χ0n) is 9.53. The van der Waals surface area contributed by atoms with Crippen LogP contribution in [0.15, 0.2) is 18.2 Å². The van der Waals surface area contributed by atoms with Gasteiger partial charge in [0.2, 0.25) is 0 Å². The Kier molecular flexibility index (Phi) is 2.24. The van der Waals surface area contributed by atoms with E-state index < -0.39 is 5.97 Å². The molecule has 4 heteroatoms. The lowest BCUT2D eigenvalue weighted by molar-refractivity contribution is 0.0697. The highest BCUT2D eigenvalue weighted by molar-refractivity contribution is 5.96. The van der Waals surface area contributed by atoms with E-state index in [-0.39, 0.29) is 5.41 Å². The second-order valence-corrected chi connectivity index (χ2v) is 4.98. The van der Waals surface area contributed by atoms with Gasteiger partial charge in [-0.1, -0.05) is 12.5 Å². The number of fused-ring (bicyclic) bond motifs is 1. The fourth-order valence-electron chi connectivity index (χ4n) is 2.57. The van der Waals surface area contributed by atoms with Gasteiger partial charge in [-0.25, -0.2) is 4.79 Å². The molecule has 0 amide bonds. The summed E-state index contributed by atoms with van der Waals surface area (Å²) in [5.41, 5.74) is 1.14. The minimum absolute atomic E-state index is 0.217. The highest BCUT2D eigenvalue weighted by atomic mass is 16.5. The van der Waals surface area contributed by atoms with E-state index in [2.05, 4.69) is 5.32 Å². The van der Waals surface area contributed by atoms with Crippen LogP contribution in [0.25, 0.3) is 0 Å². The number of nitrogens with one attached hydrogen (secondary N) is 1. The molecule has 17 heavy (non-hydrogen) atoms. The lowest BCUT2D eigenvalue weighted by Crippen LogP contribution is -2.40. The fraction of sp³-hybridized carbons (Fsp3) is 0.462. The molecule has 4 nitrogen and oxygen atoms in total. The minimum atomic E-state index is -0.914. The van der Waals surface area contributed by atoms with Gasteiger partial charge in [-0.2, -0.15) is 0 Å². The van der Waals surface area contributed by atoms with E-state index in [1.54, 1.807) is 12.1 Å². The van der Waals surface area contributed by atoms with Crippen molar-refractivity contribution in [2.75, 3.05) is 18.5 Å². The predicted molar refractivity (Wildman–Crippen MR) is 63.7 cm³/mol. The van der Waals surface area contributed by atoms with E-state index in [1.807, 2.05) is 6.07 Å². The molecule has 2 aliphatic rings. The summed E-state index contributed by atoms with van der Waals surface area (Å²) in [7, 11) is 0. The third kappa shape index (κ3) is 1.64. The van der Waals surface area contributed by atoms with Crippen molar-refractivity contribution in [3.8, 4) is 5.75 Å². The van der Waals surface area contributed by atoms with Crippen molar-refractivity contribution in [3.05, 3.63) is 23.8 Å². The normalized spacial score (nSPS) is 20.5. The molecule has 0 bridgehead atoms. The van der Waals surface area contributed by atoms with Crippen molar-refractivity contribution >= 4 is 11.7 Å². The molecule has 3 rings (SSSR count). The number of anilines is 1. The molecule has 2 N–H and O–H groups in total. The van der Waals surface area contributed by atoms with Gasteiger partial charge in [0.25, 0.3) is 0 Å². The van der Waals surface area contributed by atoms with Gasteiger partial charge in [0.05, 0.1) is 17.9 Å². The van der Waals surface area contributed by atoms with Crippen LogP contribution >= 0.6 is 0 Å². The number of carboxylic acid groups (broad SMARTS) is 1. The van der Waals surface area contributed by atoms with E-state index in [0.717, 1.165) is 19.4 Å². The standard InChI is InChI=1S/C13H15NO3/c15-12(16)9-3-1-4-10-11(9)14-7-13(8-17-10)5-2-6-13/h1,3-4,14H,2,5-8H2,(H,15,16). The van der Waals surface area contributed by atoms with Crippen molar-refractivity contribution < 1.29 is 14.6 Å². The van der Waals surface area contributed by atoms with Crippen molar-refractivity contribution in [2.24, 2.45) is 5.41 Å². The topological polar surface area (TPSA) is 58.6 Å². The number of hydrogen-bond acceptors (Lipinski definition) is 3. The highest BCUT2D eigenvalue weighted by Gasteiger charge is 2.39. The Morgan fingerprint density at radius 2 is 2.24 bits per heavy atom. The Balaban J connectivity index is 1.95. The molecule has 1 aromatic carbocycles. The Hall–Kier alpha value is -1.71. The molecule has 1 aliphatic heterocycles. The van der Waals surface area contributed by atoms with Crippen LogP contribution in [0.2, 0.25) is 0 Å². The Bertz CT molecular complexity index is 466. The molecule has 1 fully saturated rings. The van der Waals surface area contributed by atoms with Crippen molar-refractivity contribution in [2.45, 2.75) is 19.3 Å². The predicted octanol–water partition coefficient (Wildman–Crippen LogP) is 2.36. The van der Waals surface area contributed by atoms with Gasteiger partial charge >= 0.3 is 5.97 Å². The first-order valence-corrected chi connectivity index (χ1v) is 5.93. The first-order chi connectivity index (χ1) is 8.20. The van der Waals surface area contributed by atoms with Crippen LogP contribution in [0.1, 0.15) is 29.6 Å². The summed E-state index contributed by atoms with van der Waals surface area (Å²) in [6, 6.07) is 5.16. The van der Waals surface area contributed by atoms with E-state index >= 15 is 0 Å². The van der Waals surface area contributed by atoms with Crippen LogP contribution in [-0.2, 0) is 0 Å². The first-order valence-electron chi connectivity index (χ1n) is 5.93. The molecule has 0 unspecified atom stereocenters. The largest absolute Gasteiger partial charge is 0.491 e. The molecule has 90 valence electrons. The number of carboxylic acids is 1. The maximum atomic E-state index is 11.1. The Morgan fingerprint density at radius 1 is 1.41 bits per heavy atom. The molecule has 0 atom stereocenters. The molecule has 0 saturated heterocycles. The first kappa shape index (κ1) is 10.4. The SMILES string of the molecule is O=C(O)c1cccc2c1NCC1(CCC1)CO2. The molecular weight excluding hydrogens is 218 g/mol. The van der Waals surface area contributed by atoms with E-state index in [4.69, 9.17) is 9.84 Å². The minimum Gasteiger partial charge on any atom is -0.491 e. The second kappa shape index (κ2) is 3.65. The third-order valence-electron chi connectivity index (χ3n) is 3.84. The summed E-state index contributed by atoms with van der Waals surface area (Å²) >= 11 is 0. The third-order valence-corrected chi connectivity index (χ3v) is 3.84. The molecule has 1 aliphatic carbocycles. The van der Waals surface area contributed by atoms with Crippen LogP contribution in [0.4, 0.5) is 5.69 Å². The van der Waals surface area contributed by atoms with Gasteiger partial charge in [-0.05, 0) is 25.0 Å². The molecule has 0 radical (unpaired) electrons. The van der Waals surface area contributed by atoms with E-state index in [9.17, 15) is 4.79 Å². The lowest BCUT2D eigenvalue weighted by atomic mass is 9.69. The van der Waals surface area contributed by atoms with Gasteiger partial charge in [0.15, 0.2) is 0 Å². The Labute approximate surface area is 99.6 Å². The monoisotopic (exact) mass is 233 g/mol. The van der Waals surface area contributed by atoms with Crippen LogP contribution in [0.5, 0.6) is 5.75 Å². The van der Waals surface area contributed by atoms with Crippen molar-refractivity contribution in [3.63, 3.8) is 0 Å². The highest BCUT2D eigenvalue weighted by Crippen LogP contribution is 2.44. The quantitative estimate of drug-likeness (QED) is 0.781. The summed E-state index contributed by atoms with van der Waals surface area (Å²) in [5.74, 6) is -0.254. The zero-order valence-corrected chi connectivity index (χ0v) is 9.53. The van der Waals surface area contributed by atoms with E-state index in [0.29, 0.717) is 23.6 Å².